The number of benzene rings is 1. The molecule has 3 nitrogen and oxygen atoms in total. The van der Waals surface area contributed by atoms with Crippen molar-refractivity contribution in [1.82, 2.24) is 10.3 Å². The quantitative estimate of drug-likeness (QED) is 0.661. The number of nitrogens with one attached hydrogen (secondary N) is 1. The van der Waals surface area contributed by atoms with E-state index < -0.39 is 5.51 Å². The molecule has 0 fully saturated rings. The fourth-order valence-corrected chi connectivity index (χ4v) is 2.23. The highest BCUT2D eigenvalue weighted by atomic mass is 32.2. The van der Waals surface area contributed by atoms with Crippen molar-refractivity contribution in [2.24, 2.45) is 0 Å². The number of amides is 1. The molecule has 0 spiro atoms. The van der Waals surface area contributed by atoms with E-state index in [0.717, 1.165) is 5.69 Å². The summed E-state index contributed by atoms with van der Waals surface area (Å²) in [6.07, 6.45) is 4.50. The predicted molar refractivity (Wildman–Crippen MR) is 83.5 cm³/mol. The molecule has 0 aliphatic carbocycles. The number of carbonyl (C=O) groups is 1. The first-order chi connectivity index (χ1) is 10.9. The van der Waals surface area contributed by atoms with Gasteiger partial charge in [0.25, 0.3) is 0 Å². The summed E-state index contributed by atoms with van der Waals surface area (Å²) in [5, 5.41) is 2.67. The Balaban J connectivity index is 1.86. The van der Waals surface area contributed by atoms with Gasteiger partial charge in [-0.05, 0) is 47.7 Å². The first kappa shape index (κ1) is 17.1. The van der Waals surface area contributed by atoms with Gasteiger partial charge in [-0.2, -0.15) is 13.2 Å². The molecule has 0 aliphatic rings. The second kappa shape index (κ2) is 7.82. The number of aromatic nitrogens is 1. The Morgan fingerprint density at radius 1 is 1.17 bits per heavy atom. The topological polar surface area (TPSA) is 42.0 Å². The molecule has 23 heavy (non-hydrogen) atoms. The number of hydrogen-bond acceptors (Lipinski definition) is 3. The molecule has 0 radical (unpaired) electrons. The number of carbonyl (C=O) groups excluding carboxylic acids is 1. The van der Waals surface area contributed by atoms with Crippen LogP contribution >= 0.6 is 11.8 Å². The average molecular weight is 338 g/mol. The standard InChI is InChI=1S/C16H13F3N2OS/c17-16(18,19)23-14-7-4-12(5-8-14)6-9-15(22)21-11-13-3-1-2-10-20-13/h1-10H,11H2,(H,21,22)/b9-6+. The van der Waals surface area contributed by atoms with Gasteiger partial charge in [0, 0.05) is 17.2 Å². The molecule has 1 heterocycles. The second-order valence-corrected chi connectivity index (χ2v) is 5.63. The molecule has 1 aromatic heterocycles. The van der Waals surface area contributed by atoms with Crippen molar-refractivity contribution in [3.63, 3.8) is 0 Å². The molecule has 0 atom stereocenters. The van der Waals surface area contributed by atoms with E-state index in [2.05, 4.69) is 10.3 Å². The SMILES string of the molecule is O=C(/C=C/c1ccc(SC(F)(F)F)cc1)NCc1ccccn1. The monoisotopic (exact) mass is 338 g/mol. The van der Waals surface area contributed by atoms with Crippen LogP contribution < -0.4 is 5.32 Å². The lowest BCUT2D eigenvalue weighted by Gasteiger charge is -2.05. The summed E-state index contributed by atoms with van der Waals surface area (Å²) in [5.74, 6) is -0.301. The molecule has 120 valence electrons. The zero-order valence-electron chi connectivity index (χ0n) is 11.9. The second-order valence-electron chi connectivity index (χ2n) is 4.49. The number of pyridine rings is 1. The van der Waals surface area contributed by atoms with Gasteiger partial charge in [0.15, 0.2) is 0 Å². The van der Waals surface area contributed by atoms with Crippen LogP contribution in [-0.2, 0) is 11.3 Å². The Labute approximate surface area is 135 Å². The summed E-state index contributed by atoms with van der Waals surface area (Å²) in [6.45, 7) is 0.311. The van der Waals surface area contributed by atoms with Crippen LogP contribution in [0, 0.1) is 0 Å². The lowest BCUT2D eigenvalue weighted by molar-refractivity contribution is -0.116. The van der Waals surface area contributed by atoms with E-state index >= 15 is 0 Å². The molecule has 1 N–H and O–H groups in total. The number of alkyl halides is 3. The Kier molecular flexibility index (Phi) is 5.81. The molecule has 0 unspecified atom stereocenters. The van der Waals surface area contributed by atoms with Gasteiger partial charge in [0.1, 0.15) is 0 Å². The molecule has 1 amide bonds. The van der Waals surface area contributed by atoms with Crippen molar-refractivity contribution in [3.05, 3.63) is 66.0 Å². The largest absolute Gasteiger partial charge is 0.446 e. The van der Waals surface area contributed by atoms with Crippen LogP contribution in [0.5, 0.6) is 0 Å². The minimum Gasteiger partial charge on any atom is -0.347 e. The number of hydrogen-bond donors (Lipinski definition) is 1. The van der Waals surface area contributed by atoms with E-state index in [0.29, 0.717) is 12.1 Å². The van der Waals surface area contributed by atoms with Crippen molar-refractivity contribution in [2.75, 3.05) is 0 Å². The highest BCUT2D eigenvalue weighted by molar-refractivity contribution is 8.00. The molecule has 0 saturated heterocycles. The maximum atomic E-state index is 12.2. The normalized spacial score (nSPS) is 11.6. The van der Waals surface area contributed by atoms with Crippen molar-refractivity contribution in [2.45, 2.75) is 16.9 Å². The number of halogens is 3. The Hall–Kier alpha value is -2.28. The maximum absolute atomic E-state index is 12.2. The van der Waals surface area contributed by atoms with Gasteiger partial charge in [-0.3, -0.25) is 9.78 Å². The molecule has 2 rings (SSSR count). The van der Waals surface area contributed by atoms with Crippen LogP contribution in [-0.4, -0.2) is 16.4 Å². The van der Waals surface area contributed by atoms with E-state index in [1.807, 2.05) is 6.07 Å². The molecule has 7 heteroatoms. The lowest BCUT2D eigenvalue weighted by atomic mass is 10.2. The fraction of sp³-hybridized carbons (Fsp3) is 0.125. The van der Waals surface area contributed by atoms with Crippen LogP contribution in [0.4, 0.5) is 13.2 Å². The smallest absolute Gasteiger partial charge is 0.347 e. The summed E-state index contributed by atoms with van der Waals surface area (Å²) in [6, 6.07) is 11.2. The van der Waals surface area contributed by atoms with Crippen molar-refractivity contribution < 1.29 is 18.0 Å². The van der Waals surface area contributed by atoms with Crippen LogP contribution in [0.3, 0.4) is 0 Å². The Morgan fingerprint density at radius 3 is 2.52 bits per heavy atom. The van der Waals surface area contributed by atoms with Crippen LogP contribution in [0.2, 0.25) is 0 Å². The minimum atomic E-state index is -4.30. The van der Waals surface area contributed by atoms with Crippen LogP contribution in [0.25, 0.3) is 6.08 Å². The summed E-state index contributed by atoms with van der Waals surface area (Å²) in [4.78, 5) is 15.8. The van der Waals surface area contributed by atoms with Crippen molar-refractivity contribution in [3.8, 4) is 0 Å². The zero-order chi connectivity index (χ0) is 16.7. The van der Waals surface area contributed by atoms with Crippen molar-refractivity contribution >= 4 is 23.7 Å². The first-order valence-electron chi connectivity index (χ1n) is 6.64. The van der Waals surface area contributed by atoms with Gasteiger partial charge in [-0.25, -0.2) is 0 Å². The van der Waals surface area contributed by atoms with E-state index in [1.54, 1.807) is 18.3 Å². The fourth-order valence-electron chi connectivity index (χ4n) is 1.69. The number of thioether (sulfide) groups is 1. The third-order valence-corrected chi connectivity index (χ3v) is 3.45. The lowest BCUT2D eigenvalue weighted by Crippen LogP contribution is -2.20. The summed E-state index contributed by atoms with van der Waals surface area (Å²) in [5.41, 5.74) is -2.92. The van der Waals surface area contributed by atoms with E-state index in [1.165, 1.54) is 36.4 Å². The molecule has 2 aromatic rings. The summed E-state index contributed by atoms with van der Waals surface area (Å²) >= 11 is -0.171. The Bertz CT molecular complexity index is 670. The van der Waals surface area contributed by atoms with Gasteiger partial charge < -0.3 is 5.32 Å². The first-order valence-corrected chi connectivity index (χ1v) is 7.46. The maximum Gasteiger partial charge on any atom is 0.446 e. The van der Waals surface area contributed by atoms with Crippen molar-refractivity contribution in [1.29, 1.82) is 0 Å². The number of nitrogens with zero attached hydrogens (tertiary/aromatic N) is 1. The van der Waals surface area contributed by atoms with Gasteiger partial charge in [-0.1, -0.05) is 18.2 Å². The van der Waals surface area contributed by atoms with Gasteiger partial charge >= 0.3 is 5.51 Å². The summed E-state index contributed by atoms with van der Waals surface area (Å²) in [7, 11) is 0. The zero-order valence-corrected chi connectivity index (χ0v) is 12.7. The third kappa shape index (κ3) is 6.56. The molecule has 0 bridgehead atoms. The predicted octanol–water partition coefficient (Wildman–Crippen LogP) is 4.02. The van der Waals surface area contributed by atoms with Gasteiger partial charge in [0.2, 0.25) is 5.91 Å². The van der Waals surface area contributed by atoms with Gasteiger partial charge in [0.05, 0.1) is 12.2 Å². The highest BCUT2D eigenvalue weighted by Gasteiger charge is 2.28. The number of rotatable bonds is 5. The highest BCUT2D eigenvalue weighted by Crippen LogP contribution is 2.36. The minimum absolute atomic E-state index is 0.106. The molecule has 0 saturated carbocycles. The van der Waals surface area contributed by atoms with Crippen LogP contribution in [0.15, 0.2) is 59.6 Å². The molecular formula is C16H13F3N2OS. The third-order valence-electron chi connectivity index (χ3n) is 2.71. The Morgan fingerprint density at radius 2 is 1.91 bits per heavy atom. The summed E-state index contributed by atoms with van der Waals surface area (Å²) < 4.78 is 36.6. The van der Waals surface area contributed by atoms with Gasteiger partial charge in [-0.15, -0.1) is 0 Å². The van der Waals surface area contributed by atoms with E-state index in [9.17, 15) is 18.0 Å². The van der Waals surface area contributed by atoms with Crippen LogP contribution in [0.1, 0.15) is 11.3 Å². The average Bonchev–Trinajstić information content (AvgIpc) is 2.52. The molecular weight excluding hydrogens is 325 g/mol. The van der Waals surface area contributed by atoms with E-state index in [-0.39, 0.29) is 22.6 Å². The van der Waals surface area contributed by atoms with E-state index in [4.69, 9.17) is 0 Å². The molecule has 0 aliphatic heterocycles. The molecule has 1 aromatic carbocycles.